The second-order valence-electron chi connectivity index (χ2n) is 6.68. The number of aliphatic hydroxyl groups is 1. The molecule has 0 saturated carbocycles. The van der Waals surface area contributed by atoms with Gasteiger partial charge in [-0.2, -0.15) is 4.98 Å². The number of unbranched alkanes of at least 4 members (excludes halogenated alkanes) is 1. The summed E-state index contributed by atoms with van der Waals surface area (Å²) in [5.74, 6) is 3.24. The number of aromatic nitrogens is 4. The van der Waals surface area contributed by atoms with E-state index in [-0.39, 0.29) is 6.61 Å². The number of hydrogen-bond acceptors (Lipinski definition) is 9. The molecule has 0 aromatic carbocycles. The minimum absolute atomic E-state index is 0.00480. The third kappa shape index (κ3) is 4.73. The molecule has 1 saturated heterocycles. The van der Waals surface area contributed by atoms with Gasteiger partial charge in [0.15, 0.2) is 11.6 Å². The quantitative estimate of drug-likeness (QED) is 0.588. The molecule has 9 nitrogen and oxygen atoms in total. The monoisotopic (exact) mass is 407 g/mol. The van der Waals surface area contributed by atoms with Crippen LogP contribution < -0.4 is 15.1 Å². The standard InChI is InChI=1S/C18H29N7O2S/c1-3-5-7-24(4-2)16-15-14(20-13-21-16)17(23-18(22-15)19-6-10-26)25-8-11-28(27)12-9-25/h13,26H,3-12H2,1-2H3,(H,19,22,23). The van der Waals surface area contributed by atoms with E-state index in [1.807, 2.05) is 0 Å². The Balaban J connectivity index is 2.06. The van der Waals surface area contributed by atoms with E-state index in [9.17, 15) is 9.66 Å². The molecule has 2 aromatic rings. The maximum Gasteiger partial charge on any atom is 0.225 e. The molecule has 1 aliphatic rings. The largest absolute Gasteiger partial charge is 0.616 e. The molecule has 28 heavy (non-hydrogen) atoms. The van der Waals surface area contributed by atoms with Crippen LogP contribution in [0.1, 0.15) is 26.7 Å². The lowest BCUT2D eigenvalue weighted by molar-refractivity contribution is 0.311. The molecule has 0 aliphatic carbocycles. The fourth-order valence-electron chi connectivity index (χ4n) is 3.23. The summed E-state index contributed by atoms with van der Waals surface area (Å²) in [5.41, 5.74) is 1.42. The second kappa shape index (κ2) is 10.0. The van der Waals surface area contributed by atoms with Gasteiger partial charge < -0.3 is 24.8 Å². The van der Waals surface area contributed by atoms with E-state index in [0.29, 0.717) is 48.1 Å². The molecule has 3 rings (SSSR count). The van der Waals surface area contributed by atoms with Gasteiger partial charge in [0, 0.05) is 19.6 Å². The lowest BCUT2D eigenvalue weighted by Gasteiger charge is -2.30. The van der Waals surface area contributed by atoms with Crippen molar-refractivity contribution < 1.29 is 9.66 Å². The molecular weight excluding hydrogens is 378 g/mol. The molecule has 10 heteroatoms. The summed E-state index contributed by atoms with van der Waals surface area (Å²) in [6.07, 6.45) is 3.75. The van der Waals surface area contributed by atoms with Crippen molar-refractivity contribution in [1.82, 2.24) is 19.9 Å². The smallest absolute Gasteiger partial charge is 0.225 e. The first-order chi connectivity index (χ1) is 13.7. The second-order valence-corrected chi connectivity index (χ2v) is 8.38. The number of rotatable bonds is 9. The molecule has 0 spiro atoms. The predicted molar refractivity (Wildman–Crippen MR) is 114 cm³/mol. The summed E-state index contributed by atoms with van der Waals surface area (Å²) in [4.78, 5) is 22.7. The Kier molecular flexibility index (Phi) is 7.46. The van der Waals surface area contributed by atoms with E-state index in [0.717, 1.165) is 37.6 Å². The first-order valence-corrected chi connectivity index (χ1v) is 11.4. The topological polar surface area (TPSA) is 113 Å². The van der Waals surface area contributed by atoms with E-state index in [4.69, 9.17) is 0 Å². The van der Waals surface area contributed by atoms with Gasteiger partial charge in [-0.1, -0.05) is 24.5 Å². The van der Waals surface area contributed by atoms with Gasteiger partial charge in [0.1, 0.15) is 28.9 Å². The molecule has 154 valence electrons. The minimum atomic E-state index is -0.770. The van der Waals surface area contributed by atoms with Crippen LogP contribution in [0.15, 0.2) is 6.33 Å². The van der Waals surface area contributed by atoms with Gasteiger partial charge in [0.2, 0.25) is 5.95 Å². The lowest BCUT2D eigenvalue weighted by atomic mass is 10.3. The Morgan fingerprint density at radius 2 is 2.00 bits per heavy atom. The summed E-state index contributed by atoms with van der Waals surface area (Å²) in [7, 11) is 0. The first-order valence-electron chi connectivity index (χ1n) is 9.90. The zero-order valence-electron chi connectivity index (χ0n) is 16.6. The van der Waals surface area contributed by atoms with Crippen molar-refractivity contribution in [3.8, 4) is 0 Å². The van der Waals surface area contributed by atoms with Crippen LogP contribution in [0, 0.1) is 0 Å². The van der Waals surface area contributed by atoms with Crippen molar-refractivity contribution in [2.24, 2.45) is 0 Å². The van der Waals surface area contributed by atoms with Crippen LogP contribution in [0.4, 0.5) is 17.6 Å². The van der Waals surface area contributed by atoms with Gasteiger partial charge in [0.25, 0.3) is 0 Å². The highest BCUT2D eigenvalue weighted by molar-refractivity contribution is 7.91. The highest BCUT2D eigenvalue weighted by Crippen LogP contribution is 2.30. The average Bonchev–Trinajstić information content (AvgIpc) is 2.73. The molecule has 2 aromatic heterocycles. The van der Waals surface area contributed by atoms with E-state index in [1.165, 1.54) is 0 Å². The number of nitrogens with one attached hydrogen (secondary N) is 1. The molecule has 0 atom stereocenters. The normalized spacial score (nSPS) is 15.2. The summed E-state index contributed by atoms with van der Waals surface area (Å²) in [6.45, 7) is 7.71. The third-order valence-corrected chi connectivity index (χ3v) is 6.06. The molecule has 0 amide bonds. The van der Waals surface area contributed by atoms with Crippen LogP contribution in [0.25, 0.3) is 11.0 Å². The van der Waals surface area contributed by atoms with Crippen LogP contribution >= 0.6 is 0 Å². The summed E-state index contributed by atoms with van der Waals surface area (Å²) >= 11 is -0.770. The van der Waals surface area contributed by atoms with Crippen molar-refractivity contribution in [1.29, 1.82) is 0 Å². The molecule has 2 N–H and O–H groups in total. The third-order valence-electron chi connectivity index (χ3n) is 4.78. The molecule has 0 unspecified atom stereocenters. The number of fused-ring (bicyclic) bond motifs is 1. The van der Waals surface area contributed by atoms with Gasteiger partial charge in [-0.3, -0.25) is 0 Å². The Labute approximate surface area is 168 Å². The zero-order valence-corrected chi connectivity index (χ0v) is 17.4. The van der Waals surface area contributed by atoms with Gasteiger partial charge in [0.05, 0.1) is 19.7 Å². The van der Waals surface area contributed by atoms with Crippen molar-refractivity contribution >= 4 is 39.8 Å². The summed E-state index contributed by atoms with van der Waals surface area (Å²) < 4.78 is 11.8. The van der Waals surface area contributed by atoms with Crippen LogP contribution in [-0.4, -0.2) is 80.4 Å². The van der Waals surface area contributed by atoms with Crippen molar-refractivity contribution in [2.45, 2.75) is 26.7 Å². The molecular formula is C18H29N7O2S. The molecule has 1 fully saturated rings. The van der Waals surface area contributed by atoms with Crippen molar-refractivity contribution in [3.05, 3.63) is 6.33 Å². The van der Waals surface area contributed by atoms with E-state index in [1.54, 1.807) is 6.33 Å². The summed E-state index contributed by atoms with van der Waals surface area (Å²) in [5, 5.41) is 12.2. The molecule has 0 bridgehead atoms. The van der Waals surface area contributed by atoms with Crippen molar-refractivity contribution in [2.75, 3.05) is 66.0 Å². The van der Waals surface area contributed by atoms with Crippen LogP contribution in [0.5, 0.6) is 0 Å². The number of anilines is 3. The Morgan fingerprint density at radius 3 is 2.68 bits per heavy atom. The van der Waals surface area contributed by atoms with Gasteiger partial charge in [-0.15, -0.1) is 0 Å². The Bertz CT molecular complexity index is 771. The number of hydrogen-bond donors (Lipinski definition) is 2. The van der Waals surface area contributed by atoms with Crippen LogP contribution in [0.3, 0.4) is 0 Å². The molecule has 1 aliphatic heterocycles. The molecule has 0 radical (unpaired) electrons. The number of aliphatic hydroxyl groups excluding tert-OH is 1. The molecule has 3 heterocycles. The highest BCUT2D eigenvalue weighted by atomic mass is 32.2. The Morgan fingerprint density at radius 1 is 1.21 bits per heavy atom. The SMILES string of the molecule is CCCCN(CC)c1ncnc2c(N3CC[S+]([O-])CC3)nc(NCCO)nc12. The lowest BCUT2D eigenvalue weighted by Crippen LogP contribution is -2.41. The van der Waals surface area contributed by atoms with E-state index >= 15 is 0 Å². The fourth-order valence-corrected chi connectivity index (χ4v) is 4.28. The van der Waals surface area contributed by atoms with Gasteiger partial charge in [-0.25, -0.2) is 15.0 Å². The van der Waals surface area contributed by atoms with Crippen molar-refractivity contribution in [3.63, 3.8) is 0 Å². The number of nitrogens with zero attached hydrogens (tertiary/aromatic N) is 6. The average molecular weight is 408 g/mol. The maximum atomic E-state index is 11.8. The van der Waals surface area contributed by atoms with Gasteiger partial charge in [-0.05, 0) is 13.3 Å². The van der Waals surface area contributed by atoms with Crippen LogP contribution in [-0.2, 0) is 11.2 Å². The predicted octanol–water partition coefficient (Wildman–Crippen LogP) is 1.02. The fraction of sp³-hybridized carbons (Fsp3) is 0.667. The highest BCUT2D eigenvalue weighted by Gasteiger charge is 2.25. The van der Waals surface area contributed by atoms with E-state index < -0.39 is 11.2 Å². The Hall–Kier alpha value is -1.91. The first kappa shape index (κ1) is 20.8. The summed E-state index contributed by atoms with van der Waals surface area (Å²) in [6, 6.07) is 0. The van der Waals surface area contributed by atoms with Crippen LogP contribution in [0.2, 0.25) is 0 Å². The zero-order chi connectivity index (χ0) is 19.9. The minimum Gasteiger partial charge on any atom is -0.616 e. The van der Waals surface area contributed by atoms with Gasteiger partial charge >= 0.3 is 0 Å². The van der Waals surface area contributed by atoms with E-state index in [2.05, 4.69) is 48.9 Å². The maximum absolute atomic E-state index is 11.8.